The Hall–Kier alpha value is -3.30. The number of unbranched alkanes of at least 4 members (excludes halogenated alkanes) is 2. The van der Waals surface area contributed by atoms with Crippen molar-refractivity contribution in [2.75, 3.05) is 62.0 Å². The summed E-state index contributed by atoms with van der Waals surface area (Å²) in [5, 5.41) is 3.46. The molecular weight excluding hydrogens is 484 g/mol. The molecule has 0 bridgehead atoms. The van der Waals surface area contributed by atoms with E-state index in [0.29, 0.717) is 6.42 Å². The van der Waals surface area contributed by atoms with E-state index in [-0.39, 0.29) is 0 Å². The van der Waals surface area contributed by atoms with Crippen molar-refractivity contribution in [2.45, 2.75) is 31.1 Å². The second-order valence-electron chi connectivity index (χ2n) is 9.17. The first-order valence-electron chi connectivity index (χ1n) is 12.7. The van der Waals surface area contributed by atoms with Crippen LogP contribution in [-0.2, 0) is 4.79 Å². The molecule has 0 radical (unpaired) electrons. The number of aryl methyl sites for hydroxylation is 1. The number of carbonyl (C=O) groups is 1. The van der Waals surface area contributed by atoms with Gasteiger partial charge in [0.1, 0.15) is 23.7 Å². The lowest BCUT2D eigenvalue weighted by Gasteiger charge is -2.34. The minimum Gasteiger partial charge on any atom is -0.497 e. The normalized spacial score (nSPS) is 13.9. The molecule has 2 heterocycles. The van der Waals surface area contributed by atoms with Crippen LogP contribution in [0.3, 0.4) is 0 Å². The van der Waals surface area contributed by atoms with Crippen LogP contribution in [0.15, 0.2) is 59.5 Å². The van der Waals surface area contributed by atoms with Crippen LogP contribution in [0.2, 0.25) is 0 Å². The molecule has 37 heavy (non-hydrogen) atoms. The highest BCUT2D eigenvalue weighted by molar-refractivity contribution is 7.97. The standard InChI is InChI=1S/C28H36N6O2S/c1-22-7-9-23(10-8-22)29-26-21-27(32(2)15-5-4-6-20-35)31-28(30-26)33-16-18-34(19-17-33)37-25-13-11-24(36-3)12-14-25/h7-14,20-21H,4-6,15-19H2,1-3H3,(H,29,30,31). The summed E-state index contributed by atoms with van der Waals surface area (Å²) in [4.78, 5) is 26.1. The van der Waals surface area contributed by atoms with Gasteiger partial charge in [0.25, 0.3) is 0 Å². The minimum atomic E-state index is 0.599. The molecule has 0 spiro atoms. The quantitative estimate of drug-likeness (QED) is 0.198. The summed E-state index contributed by atoms with van der Waals surface area (Å²) in [6.07, 6.45) is 3.41. The zero-order chi connectivity index (χ0) is 26.0. The first-order valence-corrected chi connectivity index (χ1v) is 13.5. The molecule has 2 aromatic carbocycles. The summed E-state index contributed by atoms with van der Waals surface area (Å²) in [6.45, 7) is 6.43. The number of nitrogens with one attached hydrogen (secondary N) is 1. The van der Waals surface area contributed by atoms with Crippen molar-refractivity contribution in [3.05, 3.63) is 60.2 Å². The topological polar surface area (TPSA) is 73.8 Å². The minimum absolute atomic E-state index is 0.599. The highest BCUT2D eigenvalue weighted by Gasteiger charge is 2.21. The first-order chi connectivity index (χ1) is 18.0. The highest BCUT2D eigenvalue weighted by Crippen LogP contribution is 2.28. The molecule has 196 valence electrons. The van der Waals surface area contributed by atoms with Crippen molar-refractivity contribution in [3.8, 4) is 5.75 Å². The van der Waals surface area contributed by atoms with Crippen molar-refractivity contribution in [1.29, 1.82) is 0 Å². The van der Waals surface area contributed by atoms with Crippen molar-refractivity contribution in [1.82, 2.24) is 14.3 Å². The Bertz CT molecular complexity index is 1130. The molecule has 1 aliphatic rings. The molecule has 8 nitrogen and oxygen atoms in total. The number of anilines is 4. The summed E-state index contributed by atoms with van der Waals surface area (Å²) in [6, 6.07) is 18.5. The van der Waals surface area contributed by atoms with Gasteiger partial charge in [0.15, 0.2) is 0 Å². The van der Waals surface area contributed by atoms with Crippen LogP contribution >= 0.6 is 11.9 Å². The molecule has 0 atom stereocenters. The number of hydrogen-bond donors (Lipinski definition) is 1. The predicted octanol–water partition coefficient (Wildman–Crippen LogP) is 5.17. The number of hydrogen-bond acceptors (Lipinski definition) is 9. The second-order valence-corrected chi connectivity index (χ2v) is 10.3. The largest absolute Gasteiger partial charge is 0.497 e. The Morgan fingerprint density at radius 3 is 2.43 bits per heavy atom. The van der Waals surface area contributed by atoms with Gasteiger partial charge in [-0.25, -0.2) is 4.31 Å². The molecule has 9 heteroatoms. The smallest absolute Gasteiger partial charge is 0.229 e. The number of methoxy groups -OCH3 is 1. The van der Waals surface area contributed by atoms with Gasteiger partial charge in [-0.2, -0.15) is 9.97 Å². The van der Waals surface area contributed by atoms with E-state index in [1.54, 1.807) is 19.1 Å². The van der Waals surface area contributed by atoms with E-state index in [4.69, 9.17) is 14.7 Å². The van der Waals surface area contributed by atoms with Gasteiger partial charge >= 0.3 is 0 Å². The lowest BCUT2D eigenvalue weighted by molar-refractivity contribution is -0.107. The van der Waals surface area contributed by atoms with E-state index in [1.165, 1.54) is 10.5 Å². The fourth-order valence-electron chi connectivity index (χ4n) is 4.06. The van der Waals surface area contributed by atoms with Crippen LogP contribution in [0.25, 0.3) is 0 Å². The summed E-state index contributed by atoms with van der Waals surface area (Å²) >= 11 is 1.77. The fraction of sp³-hybridized carbons (Fsp3) is 0.393. The fourth-order valence-corrected chi connectivity index (χ4v) is 4.97. The number of carbonyl (C=O) groups excluding carboxylic acids is 1. The summed E-state index contributed by atoms with van der Waals surface area (Å²) in [7, 11) is 3.73. The Balaban J connectivity index is 1.45. The van der Waals surface area contributed by atoms with Crippen molar-refractivity contribution < 1.29 is 9.53 Å². The van der Waals surface area contributed by atoms with Gasteiger partial charge in [-0.05, 0) is 68.1 Å². The Morgan fingerprint density at radius 2 is 1.76 bits per heavy atom. The molecule has 4 rings (SSSR count). The number of nitrogens with zero attached hydrogens (tertiary/aromatic N) is 5. The lowest BCUT2D eigenvalue weighted by Crippen LogP contribution is -2.44. The number of aldehydes is 1. The molecule has 1 fully saturated rings. The Morgan fingerprint density at radius 1 is 1.03 bits per heavy atom. The third-order valence-corrected chi connectivity index (χ3v) is 7.40. The third kappa shape index (κ3) is 7.84. The van der Waals surface area contributed by atoms with Gasteiger partial charge in [-0.1, -0.05) is 17.7 Å². The van der Waals surface area contributed by atoms with Crippen molar-refractivity contribution >= 4 is 41.5 Å². The van der Waals surface area contributed by atoms with Gasteiger partial charge < -0.3 is 24.6 Å². The summed E-state index contributed by atoms with van der Waals surface area (Å²) in [5.74, 6) is 3.26. The molecule has 3 aromatic rings. The van der Waals surface area contributed by atoms with E-state index in [2.05, 4.69) is 62.7 Å². The summed E-state index contributed by atoms with van der Waals surface area (Å²) in [5.41, 5.74) is 2.21. The average Bonchev–Trinajstić information content (AvgIpc) is 2.93. The molecule has 0 saturated carbocycles. The van der Waals surface area contributed by atoms with Crippen LogP contribution < -0.4 is 19.9 Å². The van der Waals surface area contributed by atoms with Crippen LogP contribution in [0.5, 0.6) is 5.75 Å². The number of aromatic nitrogens is 2. The monoisotopic (exact) mass is 520 g/mol. The van der Waals surface area contributed by atoms with E-state index < -0.39 is 0 Å². The Labute approximate surface area is 224 Å². The zero-order valence-corrected chi connectivity index (χ0v) is 22.7. The lowest BCUT2D eigenvalue weighted by atomic mass is 10.2. The maximum absolute atomic E-state index is 10.7. The maximum Gasteiger partial charge on any atom is 0.229 e. The van der Waals surface area contributed by atoms with Crippen molar-refractivity contribution in [3.63, 3.8) is 0 Å². The van der Waals surface area contributed by atoms with Gasteiger partial charge in [0.2, 0.25) is 5.95 Å². The van der Waals surface area contributed by atoms with E-state index in [1.807, 2.05) is 25.2 Å². The van der Waals surface area contributed by atoms with Gasteiger partial charge in [-0.3, -0.25) is 0 Å². The second kappa shape index (κ2) is 13.3. The predicted molar refractivity (Wildman–Crippen MR) is 152 cm³/mol. The SMILES string of the molecule is COc1ccc(SN2CCN(c3nc(Nc4ccc(C)cc4)cc(N(C)CCCCC=O)n3)CC2)cc1. The van der Waals surface area contributed by atoms with Crippen molar-refractivity contribution in [2.24, 2.45) is 0 Å². The van der Waals surface area contributed by atoms with Gasteiger partial charge in [-0.15, -0.1) is 0 Å². The van der Waals surface area contributed by atoms with E-state index in [9.17, 15) is 4.79 Å². The number of ether oxygens (including phenoxy) is 1. The van der Waals surface area contributed by atoms with E-state index >= 15 is 0 Å². The number of benzene rings is 2. The molecule has 1 saturated heterocycles. The van der Waals surface area contributed by atoms with Crippen LogP contribution in [-0.4, -0.2) is 67.4 Å². The van der Waals surface area contributed by atoms with Crippen LogP contribution in [0, 0.1) is 6.92 Å². The highest BCUT2D eigenvalue weighted by atomic mass is 32.2. The Kier molecular flexibility index (Phi) is 9.62. The van der Waals surface area contributed by atoms with Gasteiger partial charge in [0, 0.05) is 62.8 Å². The number of piperazine rings is 1. The zero-order valence-electron chi connectivity index (χ0n) is 21.9. The molecular formula is C28H36N6O2S. The molecule has 1 N–H and O–H groups in total. The first kappa shape index (κ1) is 26.8. The molecule has 1 aromatic heterocycles. The maximum atomic E-state index is 10.7. The average molecular weight is 521 g/mol. The molecule has 0 unspecified atom stereocenters. The van der Waals surface area contributed by atoms with E-state index in [0.717, 1.165) is 80.9 Å². The third-order valence-electron chi connectivity index (χ3n) is 6.30. The number of rotatable bonds is 12. The molecule has 0 amide bonds. The van der Waals surface area contributed by atoms with Crippen LogP contribution in [0.1, 0.15) is 24.8 Å². The van der Waals surface area contributed by atoms with Gasteiger partial charge in [0.05, 0.1) is 7.11 Å². The molecule has 1 aliphatic heterocycles. The van der Waals surface area contributed by atoms with Crippen LogP contribution in [0.4, 0.5) is 23.3 Å². The molecule has 0 aliphatic carbocycles. The summed E-state index contributed by atoms with van der Waals surface area (Å²) < 4.78 is 7.65.